The average Bonchev–Trinajstić information content (AvgIpc) is 2.56. The first-order valence-corrected chi connectivity index (χ1v) is 8.33. The minimum atomic E-state index is -0.228. The van der Waals surface area contributed by atoms with E-state index in [1.54, 1.807) is 25.4 Å². The van der Waals surface area contributed by atoms with Crippen molar-refractivity contribution in [3.05, 3.63) is 51.1 Å². The molecule has 1 aliphatic heterocycles. The Hall–Kier alpha value is -1.89. The SMILES string of the molecule is Cn1ncc(N2CCC(Nc3ccc(F)cc3)CC2)c(Br)c1=O. The van der Waals surface area contributed by atoms with Gasteiger partial charge in [-0.1, -0.05) is 0 Å². The predicted molar refractivity (Wildman–Crippen MR) is 92.4 cm³/mol. The molecule has 0 unspecified atom stereocenters. The molecule has 1 fully saturated rings. The second-order valence-corrected chi connectivity index (χ2v) is 6.48. The van der Waals surface area contributed by atoms with Gasteiger partial charge in [-0.2, -0.15) is 5.10 Å². The van der Waals surface area contributed by atoms with Crippen LogP contribution in [0.1, 0.15) is 12.8 Å². The molecular weight excluding hydrogens is 363 g/mol. The Morgan fingerprint density at radius 2 is 1.91 bits per heavy atom. The van der Waals surface area contributed by atoms with Gasteiger partial charge in [0.15, 0.2) is 0 Å². The predicted octanol–water partition coefficient (Wildman–Crippen LogP) is 2.76. The third-order valence-corrected chi connectivity index (χ3v) is 4.86. The average molecular weight is 381 g/mol. The van der Waals surface area contributed by atoms with E-state index in [4.69, 9.17) is 0 Å². The number of halogens is 2. The third-order valence-electron chi connectivity index (χ3n) is 4.11. The van der Waals surface area contributed by atoms with Crippen molar-refractivity contribution in [2.45, 2.75) is 18.9 Å². The Labute approximate surface area is 142 Å². The third kappa shape index (κ3) is 3.55. The summed E-state index contributed by atoms with van der Waals surface area (Å²) in [6, 6.07) is 6.77. The molecule has 0 saturated carbocycles. The van der Waals surface area contributed by atoms with Crippen LogP contribution in [0.4, 0.5) is 15.8 Å². The first-order valence-electron chi connectivity index (χ1n) is 7.53. The molecule has 1 saturated heterocycles. The monoisotopic (exact) mass is 380 g/mol. The summed E-state index contributed by atoms with van der Waals surface area (Å²) >= 11 is 3.38. The number of nitrogens with one attached hydrogen (secondary N) is 1. The molecule has 0 amide bonds. The van der Waals surface area contributed by atoms with Gasteiger partial charge in [0, 0.05) is 31.9 Å². The van der Waals surface area contributed by atoms with Crippen molar-refractivity contribution in [2.24, 2.45) is 7.05 Å². The summed E-state index contributed by atoms with van der Waals surface area (Å²) in [6.45, 7) is 1.68. The fourth-order valence-corrected chi connectivity index (χ4v) is 3.38. The topological polar surface area (TPSA) is 50.2 Å². The maximum Gasteiger partial charge on any atom is 0.282 e. The summed E-state index contributed by atoms with van der Waals surface area (Å²) < 4.78 is 14.8. The Balaban J connectivity index is 1.63. The Kier molecular flexibility index (Phi) is 4.66. The van der Waals surface area contributed by atoms with E-state index in [9.17, 15) is 9.18 Å². The largest absolute Gasteiger partial charge is 0.382 e. The zero-order chi connectivity index (χ0) is 16.4. The van der Waals surface area contributed by atoms with E-state index in [1.807, 2.05) is 0 Å². The van der Waals surface area contributed by atoms with Gasteiger partial charge in [-0.15, -0.1) is 0 Å². The molecule has 0 bridgehead atoms. The molecule has 1 aromatic carbocycles. The van der Waals surface area contributed by atoms with Gasteiger partial charge in [0.05, 0.1) is 11.9 Å². The van der Waals surface area contributed by atoms with Crippen LogP contribution in [0.2, 0.25) is 0 Å². The van der Waals surface area contributed by atoms with Crippen molar-refractivity contribution in [1.29, 1.82) is 0 Å². The lowest BCUT2D eigenvalue weighted by Gasteiger charge is -2.34. The highest BCUT2D eigenvalue weighted by Crippen LogP contribution is 2.26. The molecule has 7 heteroatoms. The second kappa shape index (κ2) is 6.70. The Morgan fingerprint density at radius 1 is 1.26 bits per heavy atom. The number of aromatic nitrogens is 2. The van der Waals surface area contributed by atoms with Gasteiger partial charge < -0.3 is 10.2 Å². The highest BCUT2D eigenvalue weighted by atomic mass is 79.9. The lowest BCUT2D eigenvalue weighted by Crippen LogP contribution is -2.40. The lowest BCUT2D eigenvalue weighted by molar-refractivity contribution is 0.524. The van der Waals surface area contributed by atoms with Gasteiger partial charge in [0.1, 0.15) is 10.3 Å². The van der Waals surface area contributed by atoms with Gasteiger partial charge in [0.25, 0.3) is 5.56 Å². The molecule has 1 aliphatic rings. The van der Waals surface area contributed by atoms with Crippen molar-refractivity contribution in [2.75, 3.05) is 23.3 Å². The maximum atomic E-state index is 12.9. The molecule has 0 atom stereocenters. The number of anilines is 2. The Morgan fingerprint density at radius 3 is 2.57 bits per heavy atom. The summed E-state index contributed by atoms with van der Waals surface area (Å²) in [5.41, 5.74) is 1.64. The van der Waals surface area contributed by atoms with Gasteiger partial charge in [-0.25, -0.2) is 9.07 Å². The van der Waals surface area contributed by atoms with Crippen molar-refractivity contribution < 1.29 is 4.39 Å². The quantitative estimate of drug-likeness (QED) is 0.889. The van der Waals surface area contributed by atoms with Crippen molar-refractivity contribution in [3.63, 3.8) is 0 Å². The van der Waals surface area contributed by atoms with Crippen LogP contribution in [-0.2, 0) is 7.05 Å². The van der Waals surface area contributed by atoms with Crippen molar-refractivity contribution in [3.8, 4) is 0 Å². The molecular formula is C16H18BrFN4O. The number of hydrogen-bond acceptors (Lipinski definition) is 4. The number of piperidine rings is 1. The maximum absolute atomic E-state index is 12.9. The fourth-order valence-electron chi connectivity index (χ4n) is 2.77. The smallest absolute Gasteiger partial charge is 0.282 e. The molecule has 2 aromatic rings. The zero-order valence-electron chi connectivity index (χ0n) is 12.8. The van der Waals surface area contributed by atoms with Crippen LogP contribution in [-0.4, -0.2) is 28.9 Å². The van der Waals surface area contributed by atoms with Crippen LogP contribution in [0.3, 0.4) is 0 Å². The minimum absolute atomic E-state index is 0.130. The first-order chi connectivity index (χ1) is 11.0. The van der Waals surface area contributed by atoms with Crippen LogP contribution in [0.5, 0.6) is 0 Å². The second-order valence-electron chi connectivity index (χ2n) is 5.69. The van der Waals surface area contributed by atoms with Gasteiger partial charge in [0.2, 0.25) is 0 Å². The van der Waals surface area contributed by atoms with E-state index in [2.05, 4.69) is 31.2 Å². The molecule has 0 aliphatic carbocycles. The summed E-state index contributed by atoms with van der Waals surface area (Å²) in [6.07, 6.45) is 3.61. The van der Waals surface area contributed by atoms with E-state index in [1.165, 1.54) is 16.8 Å². The van der Waals surface area contributed by atoms with Crippen LogP contribution >= 0.6 is 15.9 Å². The molecule has 1 N–H and O–H groups in total. The molecule has 0 spiro atoms. The van der Waals surface area contributed by atoms with Gasteiger partial charge in [-0.3, -0.25) is 4.79 Å². The van der Waals surface area contributed by atoms with E-state index in [0.29, 0.717) is 10.5 Å². The number of nitrogens with zero attached hydrogens (tertiary/aromatic N) is 3. The highest BCUT2D eigenvalue weighted by Gasteiger charge is 2.22. The molecule has 1 aromatic heterocycles. The number of rotatable bonds is 3. The highest BCUT2D eigenvalue weighted by molar-refractivity contribution is 9.10. The summed E-state index contributed by atoms with van der Waals surface area (Å²) in [5.74, 6) is -0.228. The number of aryl methyl sites for hydroxylation is 1. The van der Waals surface area contributed by atoms with E-state index >= 15 is 0 Å². The van der Waals surface area contributed by atoms with Crippen LogP contribution in [0.15, 0.2) is 39.7 Å². The van der Waals surface area contributed by atoms with Crippen molar-refractivity contribution >= 4 is 27.3 Å². The van der Waals surface area contributed by atoms with Gasteiger partial charge in [-0.05, 0) is 53.0 Å². The van der Waals surface area contributed by atoms with Crippen LogP contribution < -0.4 is 15.8 Å². The van der Waals surface area contributed by atoms with Crippen molar-refractivity contribution in [1.82, 2.24) is 9.78 Å². The minimum Gasteiger partial charge on any atom is -0.382 e. The zero-order valence-corrected chi connectivity index (χ0v) is 14.4. The molecule has 5 nitrogen and oxygen atoms in total. The molecule has 122 valence electrons. The normalized spacial score (nSPS) is 15.7. The number of hydrogen-bond donors (Lipinski definition) is 1. The summed E-state index contributed by atoms with van der Waals surface area (Å²) in [4.78, 5) is 14.1. The van der Waals surface area contributed by atoms with E-state index in [-0.39, 0.29) is 11.4 Å². The van der Waals surface area contributed by atoms with E-state index < -0.39 is 0 Å². The summed E-state index contributed by atoms with van der Waals surface area (Å²) in [5, 5.41) is 7.52. The van der Waals surface area contributed by atoms with Crippen LogP contribution in [0, 0.1) is 5.82 Å². The van der Waals surface area contributed by atoms with Crippen LogP contribution in [0.25, 0.3) is 0 Å². The number of benzene rings is 1. The molecule has 2 heterocycles. The molecule has 3 rings (SSSR count). The lowest BCUT2D eigenvalue weighted by atomic mass is 10.0. The molecule has 23 heavy (non-hydrogen) atoms. The Bertz CT molecular complexity index is 739. The fraction of sp³-hybridized carbons (Fsp3) is 0.375. The first kappa shape index (κ1) is 16.0. The molecule has 0 radical (unpaired) electrons. The van der Waals surface area contributed by atoms with E-state index in [0.717, 1.165) is 37.3 Å². The summed E-state index contributed by atoms with van der Waals surface area (Å²) in [7, 11) is 1.63. The standard InChI is InChI=1S/C16H18BrFN4O/c1-21-16(23)15(17)14(10-19-21)22-8-6-13(7-9-22)20-12-4-2-11(18)3-5-12/h2-5,10,13,20H,6-9H2,1H3. The van der Waals surface area contributed by atoms with Gasteiger partial charge >= 0.3 is 0 Å².